The van der Waals surface area contributed by atoms with Crippen LogP contribution in [0.25, 0.3) is 10.2 Å². The van der Waals surface area contributed by atoms with Gasteiger partial charge in [-0.05, 0) is 75.2 Å². The van der Waals surface area contributed by atoms with E-state index in [0.717, 1.165) is 60.4 Å². The van der Waals surface area contributed by atoms with Gasteiger partial charge >= 0.3 is 0 Å². The fourth-order valence-electron chi connectivity index (χ4n) is 5.55. The standard InChI is InChI=1S/C31H45N5O4S/c1-4-8-28(37)33-25(18-29-34-24-10-9-22(5-2)17-27(24)41-29)31(39)35-26(23-11-15-40-16-12-23)19-32-30(38)21(3)20-36-13-6-7-14-36/h9-10,17,23,25-26H,3-8,11-16,18-20H2,1-2H3,(H,32,38)(H,33,37)(H,35,39)/t25-,26+/m0/s1. The van der Waals surface area contributed by atoms with Crippen molar-refractivity contribution in [2.24, 2.45) is 5.92 Å². The number of thiazole rings is 1. The van der Waals surface area contributed by atoms with Gasteiger partial charge < -0.3 is 20.7 Å². The molecule has 2 saturated heterocycles. The summed E-state index contributed by atoms with van der Waals surface area (Å²) in [5.74, 6) is -0.445. The van der Waals surface area contributed by atoms with Gasteiger partial charge in [0.2, 0.25) is 17.7 Å². The summed E-state index contributed by atoms with van der Waals surface area (Å²) in [6, 6.07) is 5.18. The Morgan fingerprint density at radius 2 is 1.90 bits per heavy atom. The number of fused-ring (bicyclic) bond motifs is 1. The first-order valence-corrected chi connectivity index (χ1v) is 15.9. The molecule has 10 heteroatoms. The molecule has 3 N–H and O–H groups in total. The molecule has 9 nitrogen and oxygen atoms in total. The smallest absolute Gasteiger partial charge is 0.247 e. The first-order chi connectivity index (χ1) is 19.9. The second-order valence-electron chi connectivity index (χ2n) is 11.2. The van der Waals surface area contributed by atoms with Gasteiger partial charge in [0.1, 0.15) is 6.04 Å². The molecule has 224 valence electrons. The van der Waals surface area contributed by atoms with Crippen LogP contribution in [-0.2, 0) is 32.0 Å². The van der Waals surface area contributed by atoms with Crippen LogP contribution in [0.5, 0.6) is 0 Å². The van der Waals surface area contributed by atoms with E-state index < -0.39 is 6.04 Å². The average Bonchev–Trinajstić information content (AvgIpc) is 3.64. The van der Waals surface area contributed by atoms with Crippen molar-refractivity contribution in [3.63, 3.8) is 0 Å². The molecule has 2 atom stereocenters. The predicted octanol–water partition coefficient (Wildman–Crippen LogP) is 3.37. The summed E-state index contributed by atoms with van der Waals surface area (Å²) in [4.78, 5) is 46.3. The van der Waals surface area contributed by atoms with Gasteiger partial charge in [0.15, 0.2) is 0 Å². The van der Waals surface area contributed by atoms with Gasteiger partial charge in [0, 0.05) is 50.8 Å². The summed E-state index contributed by atoms with van der Waals surface area (Å²) < 4.78 is 6.64. The molecule has 3 amide bonds. The lowest BCUT2D eigenvalue weighted by molar-refractivity contribution is -0.130. The second-order valence-corrected chi connectivity index (χ2v) is 12.3. The second kappa shape index (κ2) is 15.4. The van der Waals surface area contributed by atoms with Crippen LogP contribution in [-0.4, -0.2) is 79.1 Å². The number of hydrogen-bond acceptors (Lipinski definition) is 7. The van der Waals surface area contributed by atoms with Crippen molar-refractivity contribution >= 4 is 39.3 Å². The number of ether oxygens (including phenoxy) is 1. The van der Waals surface area contributed by atoms with Crippen LogP contribution >= 0.6 is 11.3 Å². The summed E-state index contributed by atoms with van der Waals surface area (Å²) in [6.45, 7) is 12.2. The van der Waals surface area contributed by atoms with E-state index >= 15 is 0 Å². The summed E-state index contributed by atoms with van der Waals surface area (Å²) in [5, 5.41) is 9.96. The highest BCUT2D eigenvalue weighted by Crippen LogP contribution is 2.25. The monoisotopic (exact) mass is 583 g/mol. The molecule has 1 aromatic heterocycles. The van der Waals surface area contributed by atoms with Crippen molar-refractivity contribution in [2.75, 3.05) is 39.4 Å². The fraction of sp³-hybridized carbons (Fsp3) is 0.613. The van der Waals surface area contributed by atoms with Crippen molar-refractivity contribution in [3.05, 3.63) is 40.9 Å². The molecule has 0 aliphatic carbocycles. The summed E-state index contributed by atoms with van der Waals surface area (Å²) >= 11 is 1.56. The quantitative estimate of drug-likeness (QED) is 0.294. The lowest BCUT2D eigenvalue weighted by atomic mass is 9.91. The van der Waals surface area contributed by atoms with Crippen molar-refractivity contribution in [2.45, 2.75) is 77.3 Å². The van der Waals surface area contributed by atoms with Crippen molar-refractivity contribution < 1.29 is 19.1 Å². The van der Waals surface area contributed by atoms with Crippen LogP contribution in [0.2, 0.25) is 0 Å². The summed E-state index contributed by atoms with van der Waals surface area (Å²) in [5.41, 5.74) is 2.68. The highest BCUT2D eigenvalue weighted by atomic mass is 32.1. The van der Waals surface area contributed by atoms with Gasteiger partial charge in [-0.3, -0.25) is 19.3 Å². The van der Waals surface area contributed by atoms with Gasteiger partial charge in [-0.15, -0.1) is 11.3 Å². The molecule has 4 rings (SSSR count). The van der Waals surface area contributed by atoms with Gasteiger partial charge in [-0.1, -0.05) is 26.5 Å². The Morgan fingerprint density at radius 1 is 1.15 bits per heavy atom. The largest absolute Gasteiger partial charge is 0.381 e. The number of amides is 3. The molecular formula is C31H45N5O4S. The molecule has 41 heavy (non-hydrogen) atoms. The van der Waals surface area contributed by atoms with E-state index in [1.54, 1.807) is 11.3 Å². The third-order valence-corrected chi connectivity index (χ3v) is 9.03. The van der Waals surface area contributed by atoms with E-state index in [0.29, 0.717) is 51.1 Å². The molecule has 2 fully saturated rings. The maximum Gasteiger partial charge on any atom is 0.247 e. The third-order valence-electron chi connectivity index (χ3n) is 7.99. The zero-order valence-corrected chi connectivity index (χ0v) is 25.3. The Kier molecular flexibility index (Phi) is 11.7. The average molecular weight is 584 g/mol. The molecule has 2 aliphatic heterocycles. The van der Waals surface area contributed by atoms with Crippen LogP contribution in [0.3, 0.4) is 0 Å². The molecule has 2 aromatic rings. The number of aryl methyl sites for hydroxylation is 1. The highest BCUT2D eigenvalue weighted by molar-refractivity contribution is 7.18. The van der Waals surface area contributed by atoms with Gasteiger partial charge in [0.05, 0.1) is 15.2 Å². The van der Waals surface area contributed by atoms with E-state index in [2.05, 4.69) is 46.5 Å². The third kappa shape index (κ3) is 9.08. The molecule has 0 saturated carbocycles. The number of benzene rings is 1. The minimum atomic E-state index is -0.761. The number of nitrogens with one attached hydrogen (secondary N) is 3. The van der Waals surface area contributed by atoms with Crippen LogP contribution in [0.4, 0.5) is 0 Å². The minimum absolute atomic E-state index is 0.154. The van der Waals surface area contributed by atoms with Crippen LogP contribution in [0.15, 0.2) is 30.4 Å². The van der Waals surface area contributed by atoms with E-state index in [1.807, 2.05) is 13.0 Å². The topological polar surface area (TPSA) is 113 Å². The van der Waals surface area contributed by atoms with E-state index in [4.69, 9.17) is 9.72 Å². The SMILES string of the molecule is C=C(CN1CCCC1)C(=O)NC[C@@H](NC(=O)[C@H](Cc1nc2ccc(CC)cc2s1)NC(=O)CCC)C1CCOCC1. The first-order valence-electron chi connectivity index (χ1n) is 15.1. The Hall–Kier alpha value is -2.82. The number of carbonyl (C=O) groups excluding carboxylic acids is 3. The summed E-state index contributed by atoms with van der Waals surface area (Å²) in [7, 11) is 0. The molecular weight excluding hydrogens is 538 g/mol. The van der Waals surface area contributed by atoms with E-state index in [9.17, 15) is 14.4 Å². The van der Waals surface area contributed by atoms with Crippen molar-refractivity contribution in [1.82, 2.24) is 25.8 Å². The maximum atomic E-state index is 13.7. The maximum absolute atomic E-state index is 13.7. The lowest BCUT2D eigenvalue weighted by Gasteiger charge is -2.32. The zero-order valence-electron chi connectivity index (χ0n) is 24.5. The first kappa shape index (κ1) is 31.1. The van der Waals surface area contributed by atoms with Crippen molar-refractivity contribution in [1.29, 1.82) is 0 Å². The number of rotatable bonds is 14. The van der Waals surface area contributed by atoms with Gasteiger partial charge in [-0.2, -0.15) is 0 Å². The predicted molar refractivity (Wildman–Crippen MR) is 163 cm³/mol. The summed E-state index contributed by atoms with van der Waals surface area (Å²) in [6.07, 6.45) is 6.18. The molecule has 0 unspecified atom stereocenters. The number of carbonyl (C=O) groups is 3. The minimum Gasteiger partial charge on any atom is -0.381 e. The van der Waals surface area contributed by atoms with Crippen LogP contribution in [0.1, 0.15) is 62.9 Å². The van der Waals surface area contributed by atoms with Crippen molar-refractivity contribution in [3.8, 4) is 0 Å². The molecule has 0 bridgehead atoms. The normalized spacial score (nSPS) is 17.7. The molecule has 2 aliphatic rings. The molecule has 1 aromatic carbocycles. The Bertz CT molecular complexity index is 1200. The Labute approximate surface area is 247 Å². The van der Waals surface area contributed by atoms with Gasteiger partial charge in [0.25, 0.3) is 0 Å². The zero-order chi connectivity index (χ0) is 29.2. The van der Waals surface area contributed by atoms with E-state index in [-0.39, 0.29) is 29.7 Å². The van der Waals surface area contributed by atoms with Gasteiger partial charge in [-0.25, -0.2) is 4.98 Å². The fourth-order valence-corrected chi connectivity index (χ4v) is 6.62. The van der Waals surface area contributed by atoms with Crippen LogP contribution in [0, 0.1) is 5.92 Å². The molecule has 0 radical (unpaired) electrons. The number of likely N-dealkylation sites (tertiary alicyclic amines) is 1. The van der Waals surface area contributed by atoms with E-state index in [1.165, 1.54) is 5.56 Å². The Balaban J connectivity index is 1.45. The lowest BCUT2D eigenvalue weighted by Crippen LogP contribution is -2.55. The highest BCUT2D eigenvalue weighted by Gasteiger charge is 2.30. The van der Waals surface area contributed by atoms with Crippen LogP contribution < -0.4 is 16.0 Å². The molecule has 0 spiro atoms. The molecule has 3 heterocycles. The number of aromatic nitrogens is 1. The number of nitrogens with zero attached hydrogens (tertiary/aromatic N) is 2. The Morgan fingerprint density at radius 3 is 2.61 bits per heavy atom. The number of hydrogen-bond donors (Lipinski definition) is 3.